The van der Waals surface area contributed by atoms with Gasteiger partial charge in [0.2, 0.25) is 5.91 Å². The van der Waals surface area contributed by atoms with Crippen LogP contribution in [0.1, 0.15) is 56.4 Å². The number of imidazole rings is 1. The number of methoxy groups -OCH3 is 1. The van der Waals surface area contributed by atoms with Crippen molar-refractivity contribution in [2.45, 2.75) is 59.5 Å². The molecule has 1 amide bonds. The van der Waals surface area contributed by atoms with Crippen LogP contribution in [0.5, 0.6) is 5.75 Å². The monoisotopic (exact) mass is 490 g/mol. The zero-order valence-corrected chi connectivity index (χ0v) is 21.3. The van der Waals surface area contributed by atoms with E-state index in [9.17, 15) is 9.18 Å². The number of anilines is 1. The number of benzene rings is 2. The third-order valence-corrected chi connectivity index (χ3v) is 6.81. The van der Waals surface area contributed by atoms with E-state index in [-0.39, 0.29) is 17.7 Å². The number of aryl methyl sites for hydroxylation is 2. The molecule has 188 valence electrons. The van der Waals surface area contributed by atoms with Gasteiger partial charge in [0.05, 0.1) is 29.9 Å². The molecule has 0 bridgehead atoms. The number of fused-ring (bicyclic) bond motifs is 1. The Bertz CT molecular complexity index is 1420. The lowest BCUT2D eigenvalue weighted by Gasteiger charge is -2.35. The van der Waals surface area contributed by atoms with Crippen LogP contribution in [-0.2, 0) is 11.3 Å². The molecule has 2 aromatic heterocycles. The van der Waals surface area contributed by atoms with E-state index in [0.717, 1.165) is 58.8 Å². The Labute approximate surface area is 209 Å². The number of hydrogen-bond donors (Lipinski definition) is 0. The fourth-order valence-electron chi connectivity index (χ4n) is 5.25. The maximum absolute atomic E-state index is 14.6. The number of nitrogens with zero attached hydrogens (tertiary/aromatic N) is 4. The van der Waals surface area contributed by atoms with Gasteiger partial charge >= 0.3 is 0 Å². The molecule has 3 heterocycles. The van der Waals surface area contributed by atoms with Crippen molar-refractivity contribution in [2.24, 2.45) is 5.92 Å². The van der Waals surface area contributed by atoms with Crippen LogP contribution >= 0.6 is 0 Å². The van der Waals surface area contributed by atoms with E-state index in [2.05, 4.69) is 41.8 Å². The molecule has 7 nitrogen and oxygen atoms in total. The summed E-state index contributed by atoms with van der Waals surface area (Å²) in [6.07, 6.45) is 1.93. The van der Waals surface area contributed by atoms with E-state index >= 15 is 0 Å². The van der Waals surface area contributed by atoms with Crippen molar-refractivity contribution >= 4 is 22.6 Å². The lowest BCUT2D eigenvalue weighted by Crippen LogP contribution is -2.39. The molecule has 1 unspecified atom stereocenters. The first-order valence-corrected chi connectivity index (χ1v) is 12.4. The van der Waals surface area contributed by atoms with E-state index in [1.54, 1.807) is 17.0 Å². The molecule has 2 aromatic carbocycles. The molecule has 0 radical (unpaired) electrons. The van der Waals surface area contributed by atoms with Crippen molar-refractivity contribution < 1.29 is 18.4 Å². The second kappa shape index (κ2) is 9.41. The number of carbonyl (C=O) groups is 1. The Morgan fingerprint density at radius 2 is 2.00 bits per heavy atom. The number of halogens is 1. The minimum Gasteiger partial charge on any atom is -0.494 e. The van der Waals surface area contributed by atoms with E-state index in [0.29, 0.717) is 18.0 Å². The highest BCUT2D eigenvalue weighted by Gasteiger charge is 2.34. The minimum absolute atomic E-state index is 0.0321. The molecule has 8 heteroatoms. The number of amides is 1. The predicted molar refractivity (Wildman–Crippen MR) is 137 cm³/mol. The van der Waals surface area contributed by atoms with Crippen molar-refractivity contribution in [3.05, 3.63) is 59.5 Å². The van der Waals surface area contributed by atoms with Crippen molar-refractivity contribution in [1.82, 2.24) is 14.7 Å². The highest BCUT2D eigenvalue weighted by molar-refractivity contribution is 5.95. The lowest BCUT2D eigenvalue weighted by atomic mass is 9.99. The van der Waals surface area contributed by atoms with Crippen molar-refractivity contribution in [3.8, 4) is 16.9 Å². The molecule has 1 aliphatic rings. The summed E-state index contributed by atoms with van der Waals surface area (Å²) in [5.74, 6) is 1.58. The SMILES string of the molecule is COc1ccc(N2C(=O)CCCC2c2nc3cc(-c4c(C)noc4C)ccc3n2CC(C)C)cc1F. The molecule has 0 spiro atoms. The molecule has 0 saturated carbocycles. The third-order valence-electron chi connectivity index (χ3n) is 6.81. The van der Waals surface area contributed by atoms with Crippen LogP contribution in [0.2, 0.25) is 0 Å². The Morgan fingerprint density at radius 1 is 1.19 bits per heavy atom. The third kappa shape index (κ3) is 4.14. The summed E-state index contributed by atoms with van der Waals surface area (Å²) in [7, 11) is 1.43. The van der Waals surface area contributed by atoms with Crippen LogP contribution in [0.15, 0.2) is 40.9 Å². The Balaban J connectivity index is 1.65. The molecular formula is C28H31FN4O3. The standard InChI is InChI=1S/C28H31FN4O3/c1-16(2)15-32-23-11-9-19(27-17(3)31-36-18(27)4)13-22(23)30-28(32)24-7-6-8-26(34)33(24)20-10-12-25(35-5)21(29)14-20/h9-14,16,24H,6-8,15H2,1-5H3. The molecule has 1 aliphatic heterocycles. The molecule has 1 fully saturated rings. The number of hydrogen-bond acceptors (Lipinski definition) is 5. The summed E-state index contributed by atoms with van der Waals surface area (Å²) in [5.41, 5.74) is 5.17. The normalized spacial score (nSPS) is 16.4. The first kappa shape index (κ1) is 24.0. The molecular weight excluding hydrogens is 459 g/mol. The molecule has 0 N–H and O–H groups in total. The van der Waals surface area contributed by atoms with Gasteiger partial charge in [0.25, 0.3) is 0 Å². The van der Waals surface area contributed by atoms with E-state index < -0.39 is 5.82 Å². The summed E-state index contributed by atoms with van der Waals surface area (Å²) >= 11 is 0. The van der Waals surface area contributed by atoms with Crippen LogP contribution in [0.25, 0.3) is 22.2 Å². The fourth-order valence-corrected chi connectivity index (χ4v) is 5.25. The van der Waals surface area contributed by atoms with Crippen LogP contribution in [0, 0.1) is 25.6 Å². The molecule has 36 heavy (non-hydrogen) atoms. The minimum atomic E-state index is -0.494. The molecule has 1 atom stereocenters. The molecule has 0 aliphatic carbocycles. The first-order valence-electron chi connectivity index (χ1n) is 12.4. The van der Waals surface area contributed by atoms with E-state index in [1.165, 1.54) is 13.2 Å². The first-order chi connectivity index (χ1) is 17.3. The largest absolute Gasteiger partial charge is 0.494 e. The average Bonchev–Trinajstić information content (AvgIpc) is 3.37. The lowest BCUT2D eigenvalue weighted by molar-refractivity contribution is -0.120. The summed E-state index contributed by atoms with van der Waals surface area (Å²) < 4.78 is 27.3. The predicted octanol–water partition coefficient (Wildman–Crippen LogP) is 6.37. The second-order valence-corrected chi connectivity index (χ2v) is 9.87. The smallest absolute Gasteiger partial charge is 0.227 e. The Morgan fingerprint density at radius 3 is 2.67 bits per heavy atom. The van der Waals surface area contributed by atoms with Gasteiger partial charge in [0.15, 0.2) is 11.6 Å². The van der Waals surface area contributed by atoms with Gasteiger partial charge in [-0.3, -0.25) is 4.79 Å². The topological polar surface area (TPSA) is 73.4 Å². The van der Waals surface area contributed by atoms with Crippen molar-refractivity contribution in [3.63, 3.8) is 0 Å². The van der Waals surface area contributed by atoms with E-state index in [4.69, 9.17) is 14.2 Å². The van der Waals surface area contributed by atoms with Gasteiger partial charge in [-0.05, 0) is 62.4 Å². The Kier molecular flexibility index (Phi) is 6.28. The quantitative estimate of drug-likeness (QED) is 0.314. The summed E-state index contributed by atoms with van der Waals surface area (Å²) in [4.78, 5) is 20.0. The summed E-state index contributed by atoms with van der Waals surface area (Å²) in [6.45, 7) is 8.92. The zero-order chi connectivity index (χ0) is 25.6. The van der Waals surface area contributed by atoms with Crippen LogP contribution in [0.3, 0.4) is 0 Å². The fraction of sp³-hybridized carbons (Fsp3) is 0.393. The van der Waals surface area contributed by atoms with Gasteiger partial charge < -0.3 is 18.7 Å². The number of piperidine rings is 1. The maximum Gasteiger partial charge on any atom is 0.227 e. The number of rotatable bonds is 6. The van der Waals surface area contributed by atoms with Gasteiger partial charge in [-0.1, -0.05) is 25.1 Å². The van der Waals surface area contributed by atoms with Gasteiger partial charge in [0.1, 0.15) is 11.6 Å². The van der Waals surface area contributed by atoms with E-state index in [1.807, 2.05) is 13.8 Å². The van der Waals surface area contributed by atoms with Gasteiger partial charge in [-0.25, -0.2) is 9.37 Å². The summed E-state index contributed by atoms with van der Waals surface area (Å²) in [5, 5.41) is 4.10. The zero-order valence-electron chi connectivity index (χ0n) is 21.3. The average molecular weight is 491 g/mol. The van der Waals surface area contributed by atoms with Crippen LogP contribution in [0.4, 0.5) is 10.1 Å². The molecule has 1 saturated heterocycles. The van der Waals surface area contributed by atoms with Crippen molar-refractivity contribution in [1.29, 1.82) is 0 Å². The molecule has 4 aromatic rings. The van der Waals surface area contributed by atoms with Crippen LogP contribution < -0.4 is 9.64 Å². The number of ether oxygens (including phenoxy) is 1. The van der Waals surface area contributed by atoms with Gasteiger partial charge in [-0.2, -0.15) is 0 Å². The second-order valence-electron chi connectivity index (χ2n) is 9.87. The number of carbonyl (C=O) groups excluding carboxylic acids is 1. The highest BCUT2D eigenvalue weighted by Crippen LogP contribution is 2.39. The van der Waals surface area contributed by atoms with Crippen molar-refractivity contribution in [2.75, 3.05) is 12.0 Å². The number of aromatic nitrogens is 3. The maximum atomic E-state index is 14.6. The van der Waals surface area contributed by atoms with Gasteiger partial charge in [-0.15, -0.1) is 0 Å². The Hall–Kier alpha value is -3.68. The highest BCUT2D eigenvalue weighted by atomic mass is 19.1. The van der Waals surface area contributed by atoms with Crippen LogP contribution in [-0.4, -0.2) is 27.7 Å². The molecule has 5 rings (SSSR count). The summed E-state index contributed by atoms with van der Waals surface area (Å²) in [6, 6.07) is 10.6. The van der Waals surface area contributed by atoms with Gasteiger partial charge in [0, 0.05) is 30.3 Å².